The topological polar surface area (TPSA) is 82.2 Å². The van der Waals surface area contributed by atoms with Gasteiger partial charge in [-0.1, -0.05) is 12.1 Å². The fourth-order valence-corrected chi connectivity index (χ4v) is 1.99. The van der Waals surface area contributed by atoms with Gasteiger partial charge < -0.3 is 10.2 Å². The Morgan fingerprint density at radius 2 is 1.95 bits per heavy atom. The maximum Gasteiger partial charge on any atom is 0.287 e. The highest BCUT2D eigenvalue weighted by Crippen LogP contribution is 2.29. The van der Waals surface area contributed by atoms with E-state index in [-0.39, 0.29) is 11.3 Å². The highest BCUT2D eigenvalue weighted by molar-refractivity contribution is 5.76. The molecule has 6 heteroatoms. The molecule has 0 saturated carbocycles. The fourth-order valence-electron chi connectivity index (χ4n) is 1.99. The molecule has 0 radical (unpaired) electrons. The van der Waals surface area contributed by atoms with E-state index < -0.39 is 4.92 Å². The van der Waals surface area contributed by atoms with Crippen molar-refractivity contribution in [3.8, 4) is 6.07 Å². The Labute approximate surface area is 122 Å². The van der Waals surface area contributed by atoms with Gasteiger partial charge in [-0.3, -0.25) is 10.1 Å². The lowest BCUT2D eigenvalue weighted by Gasteiger charge is -2.18. The molecule has 0 heterocycles. The molecule has 2 aromatic rings. The van der Waals surface area contributed by atoms with Crippen molar-refractivity contribution in [2.75, 3.05) is 24.3 Å². The van der Waals surface area contributed by atoms with Crippen LogP contribution in [0.3, 0.4) is 0 Å². The Morgan fingerprint density at radius 1 is 1.24 bits per heavy atom. The minimum atomic E-state index is -0.559. The zero-order valence-corrected chi connectivity index (χ0v) is 11.7. The largest absolute Gasteiger partial charge is 0.376 e. The highest BCUT2D eigenvalue weighted by Gasteiger charge is 2.14. The Kier molecular flexibility index (Phi) is 4.05. The van der Waals surface area contributed by atoms with E-state index in [0.717, 1.165) is 11.4 Å². The van der Waals surface area contributed by atoms with Gasteiger partial charge in [0.15, 0.2) is 0 Å². The van der Waals surface area contributed by atoms with Gasteiger partial charge in [0, 0.05) is 25.8 Å². The predicted molar refractivity (Wildman–Crippen MR) is 81.9 cm³/mol. The maximum absolute atomic E-state index is 10.8. The van der Waals surface area contributed by atoms with Crippen molar-refractivity contribution in [1.29, 1.82) is 5.26 Å². The molecule has 0 aliphatic heterocycles. The fraction of sp³-hybridized carbons (Fsp3) is 0.133. The van der Waals surface area contributed by atoms with Gasteiger partial charge in [-0.15, -0.1) is 0 Å². The Hall–Kier alpha value is -3.07. The average Bonchev–Trinajstić information content (AvgIpc) is 2.47. The lowest BCUT2D eigenvalue weighted by molar-refractivity contribution is -0.385. The SMILES string of the molecule is CN(C)c1ccccc1Nc1ccc([N+](=O)[O-])c(C#N)c1. The molecule has 0 unspecified atom stereocenters. The van der Waals surface area contributed by atoms with Crippen LogP contribution in [-0.4, -0.2) is 19.0 Å². The Balaban J connectivity index is 2.38. The summed E-state index contributed by atoms with van der Waals surface area (Å²) in [5.74, 6) is 0. The summed E-state index contributed by atoms with van der Waals surface area (Å²) in [7, 11) is 3.86. The lowest BCUT2D eigenvalue weighted by atomic mass is 10.1. The lowest BCUT2D eigenvalue weighted by Crippen LogP contribution is -2.10. The van der Waals surface area contributed by atoms with Crippen LogP contribution in [0.1, 0.15) is 5.56 Å². The summed E-state index contributed by atoms with van der Waals surface area (Å²) < 4.78 is 0. The number of rotatable bonds is 4. The molecule has 0 bridgehead atoms. The molecule has 106 valence electrons. The summed E-state index contributed by atoms with van der Waals surface area (Å²) in [5, 5.41) is 23.0. The third-order valence-corrected chi connectivity index (χ3v) is 2.98. The molecule has 0 atom stereocenters. The van der Waals surface area contributed by atoms with Gasteiger partial charge in [0.1, 0.15) is 11.6 Å². The average molecular weight is 282 g/mol. The summed E-state index contributed by atoms with van der Waals surface area (Å²) in [6.45, 7) is 0. The first-order valence-corrected chi connectivity index (χ1v) is 6.25. The molecule has 0 saturated heterocycles. The van der Waals surface area contributed by atoms with Crippen molar-refractivity contribution in [1.82, 2.24) is 0 Å². The monoisotopic (exact) mass is 282 g/mol. The number of hydrogen-bond acceptors (Lipinski definition) is 5. The minimum absolute atomic E-state index is 0.0346. The second-order valence-electron chi connectivity index (χ2n) is 4.64. The molecule has 0 spiro atoms. The van der Waals surface area contributed by atoms with Crippen LogP contribution in [0.25, 0.3) is 0 Å². The van der Waals surface area contributed by atoms with Crippen LogP contribution in [0.2, 0.25) is 0 Å². The third kappa shape index (κ3) is 3.09. The number of para-hydroxylation sites is 2. The molecule has 0 aliphatic carbocycles. The number of anilines is 3. The van der Waals surface area contributed by atoms with Crippen molar-refractivity contribution in [2.45, 2.75) is 0 Å². The quantitative estimate of drug-likeness (QED) is 0.687. The number of nitriles is 1. The second kappa shape index (κ2) is 5.92. The van der Waals surface area contributed by atoms with E-state index in [9.17, 15) is 10.1 Å². The number of benzene rings is 2. The van der Waals surface area contributed by atoms with E-state index in [4.69, 9.17) is 5.26 Å². The zero-order chi connectivity index (χ0) is 15.4. The second-order valence-corrected chi connectivity index (χ2v) is 4.64. The summed E-state index contributed by atoms with van der Waals surface area (Å²) in [5.41, 5.74) is 2.32. The van der Waals surface area contributed by atoms with E-state index in [0.29, 0.717) is 5.69 Å². The minimum Gasteiger partial charge on any atom is -0.376 e. The molecule has 6 nitrogen and oxygen atoms in total. The molecule has 2 aromatic carbocycles. The molecule has 2 rings (SSSR count). The van der Waals surface area contributed by atoms with Crippen molar-refractivity contribution >= 4 is 22.7 Å². The third-order valence-electron chi connectivity index (χ3n) is 2.98. The zero-order valence-electron chi connectivity index (χ0n) is 11.7. The molecule has 0 aliphatic rings. The van der Waals surface area contributed by atoms with Crippen molar-refractivity contribution in [3.63, 3.8) is 0 Å². The normalized spacial score (nSPS) is 9.76. The van der Waals surface area contributed by atoms with Gasteiger partial charge >= 0.3 is 0 Å². The van der Waals surface area contributed by atoms with Crippen LogP contribution in [0, 0.1) is 21.4 Å². The molecule has 0 amide bonds. The molecule has 0 aromatic heterocycles. The van der Waals surface area contributed by atoms with E-state index in [2.05, 4.69) is 5.32 Å². The van der Waals surface area contributed by atoms with E-state index in [1.165, 1.54) is 12.1 Å². The van der Waals surface area contributed by atoms with Gasteiger partial charge in [-0.2, -0.15) is 5.26 Å². The van der Waals surface area contributed by atoms with Crippen molar-refractivity contribution in [3.05, 3.63) is 58.1 Å². The summed E-state index contributed by atoms with van der Waals surface area (Å²) >= 11 is 0. The summed E-state index contributed by atoms with van der Waals surface area (Å²) in [4.78, 5) is 12.2. The summed E-state index contributed by atoms with van der Waals surface area (Å²) in [6, 6.07) is 13.9. The number of nitrogens with one attached hydrogen (secondary N) is 1. The maximum atomic E-state index is 10.8. The van der Waals surface area contributed by atoms with Gasteiger partial charge in [0.05, 0.1) is 16.3 Å². The van der Waals surface area contributed by atoms with Gasteiger partial charge in [0.2, 0.25) is 0 Å². The standard InChI is InChI=1S/C15H14N4O2/c1-18(2)15-6-4-3-5-13(15)17-12-7-8-14(19(20)21)11(9-12)10-16/h3-9,17H,1-2H3. The van der Waals surface area contributed by atoms with Crippen LogP contribution in [0.15, 0.2) is 42.5 Å². The molecule has 1 N–H and O–H groups in total. The number of nitro benzene ring substituents is 1. The first-order valence-electron chi connectivity index (χ1n) is 6.25. The first kappa shape index (κ1) is 14.3. The van der Waals surface area contributed by atoms with Gasteiger partial charge in [0.25, 0.3) is 5.69 Å². The summed E-state index contributed by atoms with van der Waals surface area (Å²) in [6.07, 6.45) is 0. The van der Waals surface area contributed by atoms with Crippen LogP contribution >= 0.6 is 0 Å². The van der Waals surface area contributed by atoms with Crippen molar-refractivity contribution < 1.29 is 4.92 Å². The predicted octanol–water partition coefficient (Wildman–Crippen LogP) is 3.28. The molecular formula is C15H14N4O2. The number of nitro groups is 1. The molecular weight excluding hydrogens is 268 g/mol. The van der Waals surface area contributed by atoms with Crippen LogP contribution in [0.4, 0.5) is 22.7 Å². The number of nitrogens with zero attached hydrogens (tertiary/aromatic N) is 3. The van der Waals surface area contributed by atoms with E-state index in [1.54, 1.807) is 6.07 Å². The van der Waals surface area contributed by atoms with Crippen LogP contribution in [0.5, 0.6) is 0 Å². The van der Waals surface area contributed by atoms with E-state index >= 15 is 0 Å². The van der Waals surface area contributed by atoms with Crippen LogP contribution in [-0.2, 0) is 0 Å². The van der Waals surface area contributed by atoms with Crippen molar-refractivity contribution in [2.24, 2.45) is 0 Å². The van der Waals surface area contributed by atoms with Gasteiger partial charge in [-0.25, -0.2) is 0 Å². The van der Waals surface area contributed by atoms with E-state index in [1.807, 2.05) is 49.3 Å². The van der Waals surface area contributed by atoms with Gasteiger partial charge in [-0.05, 0) is 24.3 Å². The molecule has 0 fully saturated rings. The molecule has 21 heavy (non-hydrogen) atoms. The Bertz CT molecular complexity index is 720. The number of hydrogen-bond donors (Lipinski definition) is 1. The van der Waals surface area contributed by atoms with Crippen LogP contribution < -0.4 is 10.2 Å². The first-order chi connectivity index (χ1) is 10.0. The Morgan fingerprint density at radius 3 is 2.57 bits per heavy atom. The smallest absolute Gasteiger partial charge is 0.287 e. The highest BCUT2D eigenvalue weighted by atomic mass is 16.6.